The monoisotopic (exact) mass is 225 g/mol. The number of rotatable bonds is 2. The Kier molecular flexibility index (Phi) is 2.55. The molecule has 0 aromatic carbocycles. The normalized spacial score (nSPS) is 10.5. The van der Waals surface area contributed by atoms with E-state index in [1.807, 2.05) is 0 Å². The van der Waals surface area contributed by atoms with Crippen LogP contribution in [0.15, 0.2) is 27.8 Å². The molecule has 2 heterocycles. The van der Waals surface area contributed by atoms with Crippen LogP contribution in [-0.4, -0.2) is 14.7 Å². The first kappa shape index (κ1) is 9.92. The molecule has 2 aromatic heterocycles. The molecule has 0 fully saturated rings. The van der Waals surface area contributed by atoms with Gasteiger partial charge in [-0.15, -0.1) is 0 Å². The molecule has 0 saturated heterocycles. The zero-order valence-electron chi connectivity index (χ0n) is 7.98. The lowest BCUT2D eigenvalue weighted by Crippen LogP contribution is -2.19. The Morgan fingerprint density at radius 3 is 2.93 bits per heavy atom. The fraction of sp³-hybridized carbons (Fsp3) is 0.222. The van der Waals surface area contributed by atoms with Crippen LogP contribution in [0, 0.1) is 6.92 Å². The van der Waals surface area contributed by atoms with Gasteiger partial charge in [-0.25, -0.2) is 4.98 Å². The Balaban J connectivity index is 2.28. The molecule has 0 N–H and O–H groups in total. The lowest BCUT2D eigenvalue weighted by Gasteiger charge is -2.00. The molecular formula is C9H8ClN3O2. The lowest BCUT2D eigenvalue weighted by atomic mass is 10.4. The van der Waals surface area contributed by atoms with Gasteiger partial charge in [0.2, 0.25) is 0 Å². The summed E-state index contributed by atoms with van der Waals surface area (Å²) in [6, 6.07) is 3.02. The number of hydrogen-bond acceptors (Lipinski definition) is 4. The van der Waals surface area contributed by atoms with Crippen molar-refractivity contribution >= 4 is 11.6 Å². The maximum atomic E-state index is 11.4. The average Bonchev–Trinajstić information content (AvgIpc) is 2.56. The van der Waals surface area contributed by atoms with Gasteiger partial charge in [0, 0.05) is 12.1 Å². The molecule has 15 heavy (non-hydrogen) atoms. The van der Waals surface area contributed by atoms with E-state index in [4.69, 9.17) is 16.1 Å². The standard InChI is InChI=1S/C9H8ClN3O2/c1-6-2-7(12-15-6)4-13-5-11-8(10)3-9(13)14/h2-3,5H,4H2,1H3. The summed E-state index contributed by atoms with van der Waals surface area (Å²) in [6.45, 7) is 2.12. The molecule has 0 bridgehead atoms. The zero-order chi connectivity index (χ0) is 10.8. The van der Waals surface area contributed by atoms with Gasteiger partial charge in [0.1, 0.15) is 16.6 Å². The molecule has 78 valence electrons. The van der Waals surface area contributed by atoms with Crippen LogP contribution in [0.1, 0.15) is 11.5 Å². The second kappa shape index (κ2) is 3.86. The van der Waals surface area contributed by atoms with Gasteiger partial charge in [0.25, 0.3) is 5.56 Å². The average molecular weight is 226 g/mol. The number of aryl methyl sites for hydroxylation is 1. The second-order valence-electron chi connectivity index (χ2n) is 3.11. The molecule has 0 unspecified atom stereocenters. The predicted octanol–water partition coefficient (Wildman–Crippen LogP) is 1.24. The van der Waals surface area contributed by atoms with Crippen LogP contribution in [-0.2, 0) is 6.54 Å². The van der Waals surface area contributed by atoms with Crippen molar-refractivity contribution in [2.45, 2.75) is 13.5 Å². The maximum Gasteiger partial charge on any atom is 0.255 e. The predicted molar refractivity (Wildman–Crippen MR) is 53.8 cm³/mol. The summed E-state index contributed by atoms with van der Waals surface area (Å²) >= 11 is 5.57. The molecule has 0 amide bonds. The minimum Gasteiger partial charge on any atom is -0.361 e. The second-order valence-corrected chi connectivity index (χ2v) is 3.49. The van der Waals surface area contributed by atoms with E-state index in [1.165, 1.54) is 17.0 Å². The van der Waals surface area contributed by atoms with Gasteiger partial charge in [-0.1, -0.05) is 16.8 Å². The van der Waals surface area contributed by atoms with E-state index >= 15 is 0 Å². The first-order chi connectivity index (χ1) is 7.15. The Labute approximate surface area is 90.3 Å². The van der Waals surface area contributed by atoms with Gasteiger partial charge in [-0.3, -0.25) is 9.36 Å². The number of halogens is 1. The van der Waals surface area contributed by atoms with E-state index in [0.717, 1.165) is 0 Å². The van der Waals surface area contributed by atoms with Gasteiger partial charge in [-0.05, 0) is 6.92 Å². The molecule has 0 aliphatic heterocycles. The minimum atomic E-state index is -0.212. The topological polar surface area (TPSA) is 60.9 Å². The van der Waals surface area contributed by atoms with E-state index in [-0.39, 0.29) is 10.7 Å². The number of aromatic nitrogens is 3. The summed E-state index contributed by atoms with van der Waals surface area (Å²) in [4.78, 5) is 15.2. The van der Waals surface area contributed by atoms with Gasteiger partial charge in [0.15, 0.2) is 0 Å². The molecule has 0 aliphatic rings. The smallest absolute Gasteiger partial charge is 0.255 e. The van der Waals surface area contributed by atoms with Crippen LogP contribution in [0.4, 0.5) is 0 Å². The number of nitrogens with zero attached hydrogens (tertiary/aromatic N) is 3. The highest BCUT2D eigenvalue weighted by Crippen LogP contribution is 2.03. The quantitative estimate of drug-likeness (QED) is 0.722. The first-order valence-corrected chi connectivity index (χ1v) is 4.67. The molecule has 0 aliphatic carbocycles. The van der Waals surface area contributed by atoms with Crippen molar-refractivity contribution in [3.63, 3.8) is 0 Å². The molecule has 5 nitrogen and oxygen atoms in total. The Morgan fingerprint density at radius 2 is 2.33 bits per heavy atom. The largest absolute Gasteiger partial charge is 0.361 e. The number of hydrogen-bond donors (Lipinski definition) is 0. The Bertz CT molecular complexity index is 532. The molecule has 6 heteroatoms. The Hall–Kier alpha value is -1.62. The summed E-state index contributed by atoms with van der Waals surface area (Å²) < 4.78 is 6.29. The first-order valence-electron chi connectivity index (χ1n) is 4.29. The summed E-state index contributed by atoms with van der Waals surface area (Å²) in [5, 5.41) is 3.97. The summed E-state index contributed by atoms with van der Waals surface area (Å²) in [6.07, 6.45) is 1.38. The van der Waals surface area contributed by atoms with Gasteiger partial charge in [-0.2, -0.15) is 0 Å². The van der Waals surface area contributed by atoms with Crippen LogP contribution >= 0.6 is 11.6 Å². The van der Waals surface area contributed by atoms with E-state index in [2.05, 4.69) is 10.1 Å². The highest BCUT2D eigenvalue weighted by Gasteiger charge is 2.03. The molecule has 0 atom stereocenters. The van der Waals surface area contributed by atoms with Crippen molar-refractivity contribution in [3.8, 4) is 0 Å². The van der Waals surface area contributed by atoms with Crippen LogP contribution in [0.3, 0.4) is 0 Å². The van der Waals surface area contributed by atoms with Crippen molar-refractivity contribution in [1.29, 1.82) is 0 Å². The fourth-order valence-corrected chi connectivity index (χ4v) is 1.33. The highest BCUT2D eigenvalue weighted by atomic mass is 35.5. The van der Waals surface area contributed by atoms with Crippen molar-refractivity contribution in [2.24, 2.45) is 0 Å². The van der Waals surface area contributed by atoms with E-state index < -0.39 is 0 Å². The maximum absolute atomic E-state index is 11.4. The highest BCUT2D eigenvalue weighted by molar-refractivity contribution is 6.29. The third-order valence-electron chi connectivity index (χ3n) is 1.86. The van der Waals surface area contributed by atoms with Crippen LogP contribution < -0.4 is 5.56 Å². The van der Waals surface area contributed by atoms with Gasteiger partial charge >= 0.3 is 0 Å². The van der Waals surface area contributed by atoms with E-state index in [1.54, 1.807) is 13.0 Å². The van der Waals surface area contributed by atoms with Gasteiger partial charge in [0.05, 0.1) is 12.9 Å². The summed E-state index contributed by atoms with van der Waals surface area (Å²) in [5.41, 5.74) is 0.467. The van der Waals surface area contributed by atoms with Crippen molar-refractivity contribution < 1.29 is 4.52 Å². The fourth-order valence-electron chi connectivity index (χ4n) is 1.19. The van der Waals surface area contributed by atoms with Crippen molar-refractivity contribution in [3.05, 3.63) is 45.4 Å². The molecular weight excluding hydrogens is 218 g/mol. The van der Waals surface area contributed by atoms with Crippen LogP contribution in [0.25, 0.3) is 0 Å². The minimum absolute atomic E-state index is 0.188. The Morgan fingerprint density at radius 1 is 1.53 bits per heavy atom. The van der Waals surface area contributed by atoms with Gasteiger partial charge < -0.3 is 4.52 Å². The van der Waals surface area contributed by atoms with Crippen molar-refractivity contribution in [2.75, 3.05) is 0 Å². The molecule has 0 radical (unpaired) electrons. The molecule has 2 aromatic rings. The lowest BCUT2D eigenvalue weighted by molar-refractivity contribution is 0.388. The van der Waals surface area contributed by atoms with Crippen LogP contribution in [0.2, 0.25) is 5.15 Å². The van der Waals surface area contributed by atoms with Crippen molar-refractivity contribution in [1.82, 2.24) is 14.7 Å². The third kappa shape index (κ3) is 2.24. The SMILES string of the molecule is Cc1cc(Cn2cnc(Cl)cc2=O)no1. The molecule has 2 rings (SSSR count). The zero-order valence-corrected chi connectivity index (χ0v) is 8.73. The summed E-state index contributed by atoms with van der Waals surface area (Å²) in [5.74, 6) is 0.708. The molecule has 0 saturated carbocycles. The third-order valence-corrected chi connectivity index (χ3v) is 2.06. The van der Waals surface area contributed by atoms with Crippen LogP contribution in [0.5, 0.6) is 0 Å². The van der Waals surface area contributed by atoms with E-state index in [9.17, 15) is 4.79 Å². The summed E-state index contributed by atoms with van der Waals surface area (Å²) in [7, 11) is 0. The molecule has 0 spiro atoms. The van der Waals surface area contributed by atoms with E-state index in [0.29, 0.717) is 18.0 Å².